The minimum Gasteiger partial charge on any atom is -0.377 e. The molecule has 0 bridgehead atoms. The summed E-state index contributed by atoms with van der Waals surface area (Å²) in [5.41, 5.74) is 4.00. The zero-order chi connectivity index (χ0) is 10.3. The lowest BCUT2D eigenvalue weighted by Crippen LogP contribution is -2.10. The van der Waals surface area contributed by atoms with Crippen LogP contribution in [0.25, 0.3) is 10.9 Å². The van der Waals surface area contributed by atoms with Gasteiger partial charge in [0.15, 0.2) is 0 Å². The topological polar surface area (TPSA) is 25.0 Å². The van der Waals surface area contributed by atoms with Crippen LogP contribution in [-0.4, -0.2) is 12.1 Å². The van der Waals surface area contributed by atoms with Gasteiger partial charge in [-0.1, -0.05) is 18.2 Å². The van der Waals surface area contributed by atoms with Crippen molar-refractivity contribution in [1.29, 1.82) is 0 Å². The fraction of sp³-hybridized carbons (Fsp3) is 0.385. The number of aromatic nitrogens is 1. The van der Waals surface area contributed by atoms with Gasteiger partial charge in [0.2, 0.25) is 0 Å². The second-order valence-electron chi connectivity index (χ2n) is 4.18. The fourth-order valence-corrected chi connectivity index (χ4v) is 2.63. The quantitative estimate of drug-likeness (QED) is 0.753. The second kappa shape index (κ2) is 3.38. The van der Waals surface area contributed by atoms with Crippen molar-refractivity contribution in [2.24, 2.45) is 0 Å². The Morgan fingerprint density at radius 3 is 3.07 bits per heavy atom. The van der Waals surface area contributed by atoms with Gasteiger partial charge in [0.25, 0.3) is 0 Å². The molecule has 2 aromatic rings. The van der Waals surface area contributed by atoms with Gasteiger partial charge in [-0.05, 0) is 25.3 Å². The van der Waals surface area contributed by atoms with E-state index in [0.717, 1.165) is 12.8 Å². The van der Waals surface area contributed by atoms with Gasteiger partial charge >= 0.3 is 0 Å². The van der Waals surface area contributed by atoms with Crippen LogP contribution in [0.5, 0.6) is 0 Å². The van der Waals surface area contributed by atoms with Crippen LogP contribution >= 0.6 is 0 Å². The Morgan fingerprint density at radius 1 is 1.33 bits per heavy atom. The van der Waals surface area contributed by atoms with Crippen molar-refractivity contribution in [2.75, 3.05) is 7.11 Å². The average molecular weight is 201 g/mol. The third-order valence-electron chi connectivity index (χ3n) is 3.33. The number of nitrogens with one attached hydrogen (secondary N) is 1. The van der Waals surface area contributed by atoms with E-state index in [4.69, 9.17) is 4.74 Å². The summed E-state index contributed by atoms with van der Waals surface area (Å²) in [7, 11) is 1.81. The number of hydrogen-bond donors (Lipinski definition) is 1. The van der Waals surface area contributed by atoms with Gasteiger partial charge in [0.1, 0.15) is 0 Å². The molecule has 1 heterocycles. The monoisotopic (exact) mass is 201 g/mol. The first-order chi connectivity index (χ1) is 7.40. The SMILES string of the molecule is CO[C@H]1CCCc2[nH]c3ccccc3c21. The fourth-order valence-electron chi connectivity index (χ4n) is 2.63. The number of ether oxygens (including phenoxy) is 1. The molecule has 0 fully saturated rings. The standard InChI is InChI=1S/C13H15NO/c1-15-12-8-4-7-11-13(12)9-5-2-3-6-10(9)14-11/h2-3,5-6,12,14H,4,7-8H2,1H3/t12-/m0/s1. The first-order valence-corrected chi connectivity index (χ1v) is 5.52. The number of aromatic amines is 1. The normalized spacial score (nSPS) is 20.5. The smallest absolute Gasteiger partial charge is 0.0844 e. The average Bonchev–Trinajstić information content (AvgIpc) is 2.67. The van der Waals surface area contributed by atoms with Gasteiger partial charge in [-0.25, -0.2) is 0 Å². The molecule has 2 nitrogen and oxygen atoms in total. The van der Waals surface area contributed by atoms with Gasteiger partial charge in [-0.2, -0.15) is 0 Å². The number of H-pyrrole nitrogens is 1. The van der Waals surface area contributed by atoms with E-state index in [1.54, 1.807) is 0 Å². The highest BCUT2D eigenvalue weighted by atomic mass is 16.5. The number of fused-ring (bicyclic) bond motifs is 3. The minimum atomic E-state index is 0.282. The Balaban J connectivity index is 2.27. The Hall–Kier alpha value is -1.28. The summed E-state index contributed by atoms with van der Waals surface area (Å²) in [6, 6.07) is 8.49. The molecule has 0 radical (unpaired) electrons. The first kappa shape index (κ1) is 8.98. The molecule has 1 atom stereocenters. The highest BCUT2D eigenvalue weighted by Gasteiger charge is 2.23. The Bertz CT molecular complexity index is 486. The van der Waals surface area contributed by atoms with Crippen molar-refractivity contribution in [3.63, 3.8) is 0 Å². The van der Waals surface area contributed by atoms with Crippen LogP contribution in [0.3, 0.4) is 0 Å². The Morgan fingerprint density at radius 2 is 2.20 bits per heavy atom. The molecular formula is C13H15NO. The molecule has 1 aromatic heterocycles. The van der Waals surface area contributed by atoms with Crippen LogP contribution in [0.4, 0.5) is 0 Å². The van der Waals surface area contributed by atoms with Gasteiger partial charge < -0.3 is 9.72 Å². The molecule has 1 aliphatic carbocycles. The van der Waals surface area contributed by atoms with Gasteiger partial charge in [0.05, 0.1) is 6.10 Å². The van der Waals surface area contributed by atoms with Crippen molar-refractivity contribution >= 4 is 10.9 Å². The van der Waals surface area contributed by atoms with Crippen molar-refractivity contribution in [3.8, 4) is 0 Å². The van der Waals surface area contributed by atoms with Crippen molar-refractivity contribution < 1.29 is 4.74 Å². The molecule has 1 aliphatic rings. The maximum atomic E-state index is 5.56. The summed E-state index contributed by atoms with van der Waals surface area (Å²) < 4.78 is 5.56. The predicted molar refractivity (Wildman–Crippen MR) is 61.0 cm³/mol. The van der Waals surface area contributed by atoms with Crippen molar-refractivity contribution in [2.45, 2.75) is 25.4 Å². The number of hydrogen-bond acceptors (Lipinski definition) is 1. The maximum Gasteiger partial charge on any atom is 0.0844 e. The number of para-hydroxylation sites is 1. The number of benzene rings is 1. The number of rotatable bonds is 1. The molecule has 3 rings (SSSR count). The summed E-state index contributed by atoms with van der Waals surface area (Å²) in [6.07, 6.45) is 3.80. The number of methoxy groups -OCH3 is 1. The molecule has 15 heavy (non-hydrogen) atoms. The Labute approximate surface area is 89.3 Å². The molecule has 0 unspecified atom stereocenters. The van der Waals surface area contributed by atoms with E-state index in [1.165, 1.54) is 28.6 Å². The molecule has 0 saturated carbocycles. The van der Waals surface area contributed by atoms with Crippen LogP contribution in [-0.2, 0) is 11.2 Å². The van der Waals surface area contributed by atoms with E-state index >= 15 is 0 Å². The molecule has 78 valence electrons. The molecule has 0 aliphatic heterocycles. The van der Waals surface area contributed by atoms with E-state index in [0.29, 0.717) is 0 Å². The van der Waals surface area contributed by atoms with Crippen LogP contribution in [0.15, 0.2) is 24.3 Å². The zero-order valence-corrected chi connectivity index (χ0v) is 8.92. The lowest BCUT2D eigenvalue weighted by atomic mass is 9.93. The first-order valence-electron chi connectivity index (χ1n) is 5.52. The Kier molecular flexibility index (Phi) is 2.03. The molecule has 1 aromatic carbocycles. The van der Waals surface area contributed by atoms with E-state index in [1.807, 2.05) is 7.11 Å². The molecule has 0 saturated heterocycles. The maximum absolute atomic E-state index is 5.56. The summed E-state index contributed by atoms with van der Waals surface area (Å²) in [6.45, 7) is 0. The van der Waals surface area contributed by atoms with Crippen molar-refractivity contribution in [3.05, 3.63) is 35.5 Å². The van der Waals surface area contributed by atoms with Crippen LogP contribution < -0.4 is 0 Å². The van der Waals surface area contributed by atoms with Crippen LogP contribution in [0.2, 0.25) is 0 Å². The summed E-state index contributed by atoms with van der Waals surface area (Å²) >= 11 is 0. The highest BCUT2D eigenvalue weighted by molar-refractivity contribution is 5.85. The second-order valence-corrected chi connectivity index (χ2v) is 4.18. The van der Waals surface area contributed by atoms with E-state index < -0.39 is 0 Å². The largest absolute Gasteiger partial charge is 0.377 e. The molecular weight excluding hydrogens is 186 g/mol. The molecule has 0 amide bonds. The summed E-state index contributed by atoms with van der Waals surface area (Å²) in [5, 5.41) is 1.33. The van der Waals surface area contributed by atoms with Crippen LogP contribution in [0.1, 0.15) is 30.2 Å². The van der Waals surface area contributed by atoms with Gasteiger partial charge in [-0.3, -0.25) is 0 Å². The number of aryl methyl sites for hydroxylation is 1. The zero-order valence-electron chi connectivity index (χ0n) is 8.92. The minimum absolute atomic E-state index is 0.282. The van der Waals surface area contributed by atoms with E-state index in [2.05, 4.69) is 29.2 Å². The lowest BCUT2D eigenvalue weighted by molar-refractivity contribution is 0.0892. The van der Waals surface area contributed by atoms with E-state index in [9.17, 15) is 0 Å². The third-order valence-corrected chi connectivity index (χ3v) is 3.33. The molecule has 1 N–H and O–H groups in total. The van der Waals surface area contributed by atoms with E-state index in [-0.39, 0.29) is 6.10 Å². The van der Waals surface area contributed by atoms with Gasteiger partial charge in [-0.15, -0.1) is 0 Å². The third kappa shape index (κ3) is 1.29. The molecule has 2 heteroatoms. The summed E-state index contributed by atoms with van der Waals surface area (Å²) in [4.78, 5) is 3.50. The molecule has 0 spiro atoms. The predicted octanol–water partition coefficient (Wildman–Crippen LogP) is 3.19. The van der Waals surface area contributed by atoms with Crippen LogP contribution in [0, 0.1) is 0 Å². The summed E-state index contributed by atoms with van der Waals surface area (Å²) in [5.74, 6) is 0. The van der Waals surface area contributed by atoms with Crippen molar-refractivity contribution in [1.82, 2.24) is 4.98 Å². The highest BCUT2D eigenvalue weighted by Crippen LogP contribution is 2.37. The lowest BCUT2D eigenvalue weighted by Gasteiger charge is -2.21. The van der Waals surface area contributed by atoms with Gasteiger partial charge in [0, 0.05) is 29.3 Å².